The molecule has 0 aliphatic carbocycles. The summed E-state index contributed by atoms with van der Waals surface area (Å²) in [7, 11) is 0. The van der Waals surface area contributed by atoms with Crippen molar-refractivity contribution in [2.45, 2.75) is 25.8 Å². The quantitative estimate of drug-likeness (QED) is 0.874. The van der Waals surface area contributed by atoms with E-state index in [0.717, 1.165) is 25.9 Å². The number of carbonyl (C=O) groups excluding carboxylic acids is 1. The molecule has 3 rings (SSSR count). The smallest absolute Gasteiger partial charge is 0.263 e. The van der Waals surface area contributed by atoms with Crippen molar-refractivity contribution >= 4 is 28.8 Å². The van der Waals surface area contributed by atoms with Crippen LogP contribution >= 0.6 is 22.9 Å². The van der Waals surface area contributed by atoms with E-state index in [2.05, 4.69) is 15.2 Å². The van der Waals surface area contributed by atoms with E-state index < -0.39 is 0 Å². The average molecular weight is 368 g/mol. The summed E-state index contributed by atoms with van der Waals surface area (Å²) < 4.78 is 14.4. The lowest BCUT2D eigenvalue weighted by atomic mass is 10.0. The molecule has 1 fully saturated rings. The van der Waals surface area contributed by atoms with Crippen LogP contribution in [0.1, 0.15) is 39.8 Å². The second-order valence-corrected chi connectivity index (χ2v) is 7.13. The van der Waals surface area contributed by atoms with Gasteiger partial charge in [0.15, 0.2) is 0 Å². The highest BCUT2D eigenvalue weighted by Crippen LogP contribution is 2.32. The van der Waals surface area contributed by atoms with Crippen molar-refractivity contribution in [2.24, 2.45) is 0 Å². The lowest BCUT2D eigenvalue weighted by Gasteiger charge is -2.29. The first-order valence-corrected chi connectivity index (χ1v) is 9.20. The number of thiazole rings is 1. The van der Waals surface area contributed by atoms with E-state index in [1.807, 2.05) is 0 Å². The summed E-state index contributed by atoms with van der Waals surface area (Å²) in [5.74, 6) is -0.505. The second kappa shape index (κ2) is 7.59. The Morgan fingerprint density at radius 1 is 1.46 bits per heavy atom. The lowest BCUT2D eigenvalue weighted by Crippen LogP contribution is -2.37. The molecule has 4 nitrogen and oxygen atoms in total. The topological polar surface area (TPSA) is 45.2 Å². The van der Waals surface area contributed by atoms with Gasteiger partial charge >= 0.3 is 0 Å². The number of amides is 1. The summed E-state index contributed by atoms with van der Waals surface area (Å²) in [6.07, 6.45) is 2.15. The van der Waals surface area contributed by atoms with Crippen molar-refractivity contribution in [1.82, 2.24) is 15.2 Å². The number of aryl methyl sites for hydroxylation is 1. The molecule has 2 heterocycles. The fourth-order valence-electron chi connectivity index (χ4n) is 3.09. The zero-order chi connectivity index (χ0) is 17.1. The maximum absolute atomic E-state index is 14.4. The van der Waals surface area contributed by atoms with Crippen molar-refractivity contribution in [2.75, 3.05) is 19.6 Å². The molecule has 0 saturated carbocycles. The van der Waals surface area contributed by atoms with E-state index in [1.54, 1.807) is 24.6 Å². The zero-order valence-corrected chi connectivity index (χ0v) is 15.0. The Morgan fingerprint density at radius 2 is 2.21 bits per heavy atom. The van der Waals surface area contributed by atoms with Gasteiger partial charge in [0.25, 0.3) is 5.91 Å². The molecule has 24 heavy (non-hydrogen) atoms. The Bertz CT molecular complexity index is 710. The molecule has 0 radical (unpaired) electrons. The van der Waals surface area contributed by atoms with Gasteiger partial charge in [0.05, 0.1) is 17.2 Å². The van der Waals surface area contributed by atoms with E-state index in [4.69, 9.17) is 11.6 Å². The van der Waals surface area contributed by atoms with Crippen molar-refractivity contribution in [3.8, 4) is 0 Å². The molecule has 128 valence electrons. The van der Waals surface area contributed by atoms with Crippen LogP contribution in [0, 0.1) is 12.7 Å². The number of halogens is 2. The Hall–Kier alpha value is -1.50. The monoisotopic (exact) mass is 367 g/mol. The summed E-state index contributed by atoms with van der Waals surface area (Å²) in [6.45, 7) is 3.88. The molecule has 1 aliphatic rings. The SMILES string of the molecule is Cc1ncsc1C(=O)NCC(c1c(F)cccc1Cl)N1CCCC1. The summed E-state index contributed by atoms with van der Waals surface area (Å²) in [5.41, 5.74) is 2.82. The van der Waals surface area contributed by atoms with Gasteiger partial charge in [0, 0.05) is 17.1 Å². The van der Waals surface area contributed by atoms with Gasteiger partial charge in [-0.1, -0.05) is 17.7 Å². The summed E-state index contributed by atoms with van der Waals surface area (Å²) in [6, 6.07) is 4.44. The van der Waals surface area contributed by atoms with Crippen LogP contribution in [0.2, 0.25) is 5.02 Å². The molecule has 1 unspecified atom stereocenters. The molecule has 1 atom stereocenters. The molecule has 2 aromatic rings. The summed E-state index contributed by atoms with van der Waals surface area (Å²) in [4.78, 5) is 19.2. The van der Waals surface area contributed by atoms with E-state index in [-0.39, 0.29) is 17.8 Å². The molecule has 1 aromatic carbocycles. The van der Waals surface area contributed by atoms with Gasteiger partial charge in [0.2, 0.25) is 0 Å². The Morgan fingerprint density at radius 3 is 2.83 bits per heavy atom. The normalized spacial score (nSPS) is 16.3. The number of hydrogen-bond donors (Lipinski definition) is 1. The molecular weight excluding hydrogens is 349 g/mol. The fraction of sp³-hybridized carbons (Fsp3) is 0.412. The molecule has 1 amide bonds. The zero-order valence-electron chi connectivity index (χ0n) is 13.4. The average Bonchev–Trinajstić information content (AvgIpc) is 3.21. The Labute approximate surface area is 149 Å². The van der Waals surface area contributed by atoms with Crippen molar-refractivity contribution in [3.05, 3.63) is 50.7 Å². The standard InChI is InChI=1S/C17H19ClFN3OS/c1-11-16(24-10-21-11)17(23)20-9-14(22-7-2-3-8-22)15-12(18)5-4-6-13(15)19/h4-6,10,14H,2-3,7-9H2,1H3,(H,20,23). The van der Waals surface area contributed by atoms with E-state index in [0.29, 0.717) is 27.7 Å². The maximum atomic E-state index is 14.4. The first-order chi connectivity index (χ1) is 11.6. The highest BCUT2D eigenvalue weighted by Gasteiger charge is 2.28. The minimum absolute atomic E-state index is 0.174. The van der Waals surface area contributed by atoms with E-state index in [9.17, 15) is 9.18 Å². The Kier molecular flexibility index (Phi) is 5.48. The van der Waals surface area contributed by atoms with E-state index in [1.165, 1.54) is 17.4 Å². The molecule has 7 heteroatoms. The van der Waals surface area contributed by atoms with E-state index >= 15 is 0 Å². The number of likely N-dealkylation sites (tertiary alicyclic amines) is 1. The van der Waals surface area contributed by atoms with Gasteiger partial charge in [-0.05, 0) is 45.0 Å². The minimum Gasteiger partial charge on any atom is -0.349 e. The number of nitrogens with zero attached hydrogens (tertiary/aromatic N) is 2. The van der Waals surface area contributed by atoms with Crippen LogP contribution in [0.25, 0.3) is 0 Å². The highest BCUT2D eigenvalue weighted by atomic mass is 35.5. The number of carbonyl (C=O) groups is 1. The van der Waals surface area contributed by atoms with Crippen LogP contribution < -0.4 is 5.32 Å². The van der Waals surface area contributed by atoms with Gasteiger partial charge < -0.3 is 5.32 Å². The predicted octanol–water partition coefficient (Wildman–Crippen LogP) is 3.81. The number of hydrogen-bond acceptors (Lipinski definition) is 4. The maximum Gasteiger partial charge on any atom is 0.263 e. The van der Waals surface area contributed by atoms with Crippen LogP contribution in [0.4, 0.5) is 4.39 Å². The third kappa shape index (κ3) is 3.61. The van der Waals surface area contributed by atoms with Gasteiger partial charge in [0.1, 0.15) is 10.7 Å². The molecule has 0 spiro atoms. The number of nitrogens with one attached hydrogen (secondary N) is 1. The third-order valence-corrected chi connectivity index (χ3v) is 5.58. The Balaban J connectivity index is 1.81. The van der Waals surface area contributed by atoms with Crippen LogP contribution in [0.5, 0.6) is 0 Å². The number of benzene rings is 1. The first kappa shape index (κ1) is 17.3. The van der Waals surface area contributed by atoms with Crippen molar-refractivity contribution < 1.29 is 9.18 Å². The van der Waals surface area contributed by atoms with Crippen LogP contribution in [-0.4, -0.2) is 35.4 Å². The highest BCUT2D eigenvalue weighted by molar-refractivity contribution is 7.11. The van der Waals surface area contributed by atoms with Crippen molar-refractivity contribution in [1.29, 1.82) is 0 Å². The number of rotatable bonds is 5. The molecule has 1 saturated heterocycles. The second-order valence-electron chi connectivity index (χ2n) is 5.87. The fourth-order valence-corrected chi connectivity index (χ4v) is 4.09. The van der Waals surface area contributed by atoms with Crippen LogP contribution in [-0.2, 0) is 0 Å². The van der Waals surface area contributed by atoms with Gasteiger partial charge in [-0.3, -0.25) is 9.69 Å². The van der Waals surface area contributed by atoms with Crippen LogP contribution in [0.15, 0.2) is 23.7 Å². The minimum atomic E-state index is -0.331. The predicted molar refractivity (Wildman–Crippen MR) is 94.1 cm³/mol. The number of aromatic nitrogens is 1. The molecule has 0 bridgehead atoms. The molecule has 1 aliphatic heterocycles. The first-order valence-electron chi connectivity index (χ1n) is 7.94. The largest absolute Gasteiger partial charge is 0.349 e. The molecular formula is C17H19ClFN3OS. The van der Waals surface area contributed by atoms with Crippen LogP contribution in [0.3, 0.4) is 0 Å². The lowest BCUT2D eigenvalue weighted by molar-refractivity contribution is 0.0940. The summed E-state index contributed by atoms with van der Waals surface area (Å²) >= 11 is 7.56. The van der Waals surface area contributed by atoms with Gasteiger partial charge in [-0.25, -0.2) is 9.37 Å². The third-order valence-electron chi connectivity index (χ3n) is 4.32. The molecule has 1 aromatic heterocycles. The van der Waals surface area contributed by atoms with Gasteiger partial charge in [-0.2, -0.15) is 0 Å². The van der Waals surface area contributed by atoms with Gasteiger partial charge in [-0.15, -0.1) is 11.3 Å². The summed E-state index contributed by atoms with van der Waals surface area (Å²) in [5, 5.41) is 3.32. The molecule has 1 N–H and O–H groups in total. The van der Waals surface area contributed by atoms with Crippen molar-refractivity contribution in [3.63, 3.8) is 0 Å².